The Kier molecular flexibility index (Phi) is 4.61. The minimum Gasteiger partial charge on any atom is -0.370 e. The quantitative estimate of drug-likeness (QED) is 0.744. The monoisotopic (exact) mass is 226 g/mol. The summed E-state index contributed by atoms with van der Waals surface area (Å²) in [5.41, 5.74) is 0. The number of Topliss-reactive ketones (excluding diaryl/α,β-unsaturated/α-hetero) is 1. The second kappa shape index (κ2) is 5.75. The fraction of sp³-hybridized carbons (Fsp3) is 0.727. The van der Waals surface area contributed by atoms with Crippen molar-refractivity contribution in [2.75, 3.05) is 6.61 Å². The van der Waals surface area contributed by atoms with Crippen molar-refractivity contribution < 1.29 is 14.1 Å². The highest BCUT2D eigenvalue weighted by molar-refractivity contribution is 5.81. The number of aromatic nitrogens is 2. The van der Waals surface area contributed by atoms with Crippen LogP contribution < -0.4 is 0 Å². The minimum absolute atomic E-state index is 0.0136. The fourth-order valence-corrected chi connectivity index (χ4v) is 1.30. The molecule has 1 heterocycles. The molecule has 90 valence electrons. The number of carbonyl (C=O) groups excluding carboxylic acids is 1. The van der Waals surface area contributed by atoms with E-state index in [2.05, 4.69) is 10.1 Å². The van der Waals surface area contributed by atoms with Crippen LogP contribution in [0.25, 0.3) is 0 Å². The second-order valence-electron chi connectivity index (χ2n) is 3.68. The lowest BCUT2D eigenvalue weighted by molar-refractivity contribution is -0.118. The van der Waals surface area contributed by atoms with E-state index in [0.717, 1.165) is 6.42 Å². The van der Waals surface area contributed by atoms with Gasteiger partial charge in [-0.3, -0.25) is 4.79 Å². The molecule has 0 radical (unpaired) electrons. The van der Waals surface area contributed by atoms with Crippen molar-refractivity contribution in [2.45, 2.75) is 46.1 Å². The molecule has 1 aromatic heterocycles. The summed E-state index contributed by atoms with van der Waals surface area (Å²) >= 11 is 0. The maximum absolute atomic E-state index is 11.2. The molecule has 0 saturated carbocycles. The van der Waals surface area contributed by atoms with Gasteiger partial charge in [-0.25, -0.2) is 0 Å². The van der Waals surface area contributed by atoms with Crippen LogP contribution in [0.5, 0.6) is 0 Å². The molecular weight excluding hydrogens is 208 g/mol. The summed E-state index contributed by atoms with van der Waals surface area (Å²) in [6.45, 7) is 7.77. The van der Waals surface area contributed by atoms with Crippen LogP contribution in [0.1, 0.15) is 57.9 Å². The van der Waals surface area contributed by atoms with Gasteiger partial charge >= 0.3 is 0 Å². The highest BCUT2D eigenvalue weighted by Crippen LogP contribution is 2.21. The molecule has 0 bridgehead atoms. The number of carbonyl (C=O) groups is 1. The van der Waals surface area contributed by atoms with Gasteiger partial charge in [0.15, 0.2) is 0 Å². The minimum atomic E-state index is -0.347. The summed E-state index contributed by atoms with van der Waals surface area (Å²) < 4.78 is 10.5. The number of ether oxygens (including phenoxy) is 1. The molecule has 0 N–H and O–H groups in total. The summed E-state index contributed by atoms with van der Waals surface area (Å²) in [6, 6.07) is 0. The first-order valence-electron chi connectivity index (χ1n) is 5.55. The molecule has 0 fully saturated rings. The number of nitrogens with zero attached hydrogens (tertiary/aromatic N) is 2. The largest absolute Gasteiger partial charge is 0.370 e. The molecular formula is C11H18N2O3. The second-order valence-corrected chi connectivity index (χ2v) is 3.68. The molecule has 5 heteroatoms. The molecule has 16 heavy (non-hydrogen) atoms. The van der Waals surface area contributed by atoms with Gasteiger partial charge in [-0.2, -0.15) is 4.98 Å². The van der Waals surface area contributed by atoms with E-state index in [9.17, 15) is 4.79 Å². The molecule has 0 aliphatic rings. The highest BCUT2D eigenvalue weighted by atomic mass is 16.5. The first-order valence-corrected chi connectivity index (χ1v) is 5.55. The van der Waals surface area contributed by atoms with E-state index in [1.807, 2.05) is 13.8 Å². The molecule has 0 spiro atoms. The van der Waals surface area contributed by atoms with Crippen LogP contribution in [0, 0.1) is 0 Å². The summed E-state index contributed by atoms with van der Waals surface area (Å²) in [5, 5.41) is 3.85. The van der Waals surface area contributed by atoms with Gasteiger partial charge in [0.1, 0.15) is 11.9 Å². The van der Waals surface area contributed by atoms with Crippen LogP contribution >= 0.6 is 0 Å². The zero-order chi connectivity index (χ0) is 12.1. The lowest BCUT2D eigenvalue weighted by atomic mass is 10.1. The zero-order valence-corrected chi connectivity index (χ0v) is 10.2. The molecule has 0 amide bonds. The van der Waals surface area contributed by atoms with Gasteiger partial charge in [0.2, 0.25) is 11.7 Å². The Morgan fingerprint density at radius 2 is 2.19 bits per heavy atom. The van der Waals surface area contributed by atoms with E-state index < -0.39 is 0 Å². The first-order chi connectivity index (χ1) is 7.60. The van der Waals surface area contributed by atoms with Gasteiger partial charge in [-0.05, 0) is 27.2 Å². The van der Waals surface area contributed by atoms with Gasteiger partial charge in [0, 0.05) is 6.61 Å². The molecule has 2 unspecified atom stereocenters. The molecule has 0 saturated heterocycles. The van der Waals surface area contributed by atoms with E-state index in [4.69, 9.17) is 9.26 Å². The molecule has 1 rings (SSSR count). The maximum atomic E-state index is 11.2. The van der Waals surface area contributed by atoms with E-state index in [-0.39, 0.29) is 17.8 Å². The number of hydrogen-bond donors (Lipinski definition) is 0. The SMILES string of the molecule is CCOC(CC)c1noc(C(C)C(C)=O)n1. The number of hydrogen-bond acceptors (Lipinski definition) is 5. The number of ketones is 1. The van der Waals surface area contributed by atoms with Crippen molar-refractivity contribution in [1.82, 2.24) is 10.1 Å². The Balaban J connectivity index is 2.80. The maximum Gasteiger partial charge on any atom is 0.237 e. The Morgan fingerprint density at radius 3 is 2.69 bits per heavy atom. The van der Waals surface area contributed by atoms with E-state index in [1.54, 1.807) is 6.92 Å². The zero-order valence-electron chi connectivity index (χ0n) is 10.2. The van der Waals surface area contributed by atoms with Crippen molar-refractivity contribution in [2.24, 2.45) is 0 Å². The summed E-state index contributed by atoms with van der Waals surface area (Å²) in [6.07, 6.45) is 0.628. The van der Waals surface area contributed by atoms with Gasteiger partial charge < -0.3 is 9.26 Å². The lowest BCUT2D eigenvalue weighted by Crippen LogP contribution is -2.07. The van der Waals surface area contributed by atoms with Gasteiger partial charge in [-0.15, -0.1) is 0 Å². The summed E-state index contributed by atoms with van der Waals surface area (Å²) in [5.74, 6) is 0.549. The third kappa shape index (κ3) is 2.88. The third-order valence-electron chi connectivity index (χ3n) is 2.46. The fourth-order valence-electron chi connectivity index (χ4n) is 1.30. The Labute approximate surface area is 95.2 Å². The predicted octanol–water partition coefficient (Wildman–Crippen LogP) is 2.25. The summed E-state index contributed by atoms with van der Waals surface area (Å²) in [7, 11) is 0. The predicted molar refractivity (Wildman–Crippen MR) is 58.1 cm³/mol. The molecule has 0 aromatic carbocycles. The Morgan fingerprint density at radius 1 is 1.50 bits per heavy atom. The van der Waals surface area contributed by atoms with Crippen molar-refractivity contribution in [1.29, 1.82) is 0 Å². The van der Waals surface area contributed by atoms with Crippen molar-refractivity contribution in [3.05, 3.63) is 11.7 Å². The highest BCUT2D eigenvalue weighted by Gasteiger charge is 2.22. The lowest BCUT2D eigenvalue weighted by Gasteiger charge is -2.09. The molecule has 5 nitrogen and oxygen atoms in total. The third-order valence-corrected chi connectivity index (χ3v) is 2.46. The Hall–Kier alpha value is -1.23. The van der Waals surface area contributed by atoms with Crippen molar-refractivity contribution in [3.63, 3.8) is 0 Å². The van der Waals surface area contributed by atoms with Gasteiger partial charge in [0.25, 0.3) is 0 Å². The molecule has 1 aromatic rings. The van der Waals surface area contributed by atoms with E-state index in [1.165, 1.54) is 6.92 Å². The van der Waals surface area contributed by atoms with Crippen LogP contribution in [0.15, 0.2) is 4.52 Å². The summed E-state index contributed by atoms with van der Waals surface area (Å²) in [4.78, 5) is 15.4. The topological polar surface area (TPSA) is 65.2 Å². The van der Waals surface area contributed by atoms with Gasteiger partial charge in [0.05, 0.1) is 5.92 Å². The van der Waals surface area contributed by atoms with E-state index >= 15 is 0 Å². The van der Waals surface area contributed by atoms with Crippen molar-refractivity contribution in [3.8, 4) is 0 Å². The standard InChI is InChI=1S/C11H18N2O3/c1-5-9(15-6-2)10-12-11(16-13-10)7(3)8(4)14/h7,9H,5-6H2,1-4H3. The number of rotatable bonds is 6. The average Bonchev–Trinajstić information content (AvgIpc) is 2.73. The Bertz CT molecular complexity index is 349. The van der Waals surface area contributed by atoms with Crippen LogP contribution in [0.4, 0.5) is 0 Å². The van der Waals surface area contributed by atoms with Crippen molar-refractivity contribution >= 4 is 5.78 Å². The first kappa shape index (κ1) is 12.8. The molecule has 0 aliphatic carbocycles. The normalized spacial score (nSPS) is 14.8. The van der Waals surface area contributed by atoms with Crippen LogP contribution in [0.3, 0.4) is 0 Å². The van der Waals surface area contributed by atoms with Gasteiger partial charge in [-0.1, -0.05) is 12.1 Å². The molecule has 2 atom stereocenters. The van der Waals surface area contributed by atoms with E-state index in [0.29, 0.717) is 18.3 Å². The smallest absolute Gasteiger partial charge is 0.237 e. The van der Waals surface area contributed by atoms with Crippen LogP contribution in [-0.4, -0.2) is 22.5 Å². The van der Waals surface area contributed by atoms with Crippen LogP contribution in [0.2, 0.25) is 0 Å². The van der Waals surface area contributed by atoms with Crippen LogP contribution in [-0.2, 0) is 9.53 Å². The average molecular weight is 226 g/mol. The molecule has 0 aliphatic heterocycles.